The highest BCUT2D eigenvalue weighted by Gasteiger charge is 2.03. The van der Waals surface area contributed by atoms with E-state index in [2.05, 4.69) is 4.98 Å². The Kier molecular flexibility index (Phi) is 4.76. The maximum atomic E-state index is 11.5. The van der Waals surface area contributed by atoms with Crippen molar-refractivity contribution in [3.8, 4) is 0 Å². The Labute approximate surface area is 87.2 Å². The molecule has 0 spiro atoms. The average molecular weight is 212 g/mol. The first-order chi connectivity index (χ1) is 6.68. The van der Waals surface area contributed by atoms with E-state index in [0.717, 1.165) is 12.1 Å². The second-order valence-electron chi connectivity index (χ2n) is 3.38. The molecule has 0 saturated carbocycles. The van der Waals surface area contributed by atoms with Gasteiger partial charge in [0.1, 0.15) is 0 Å². The summed E-state index contributed by atoms with van der Waals surface area (Å²) in [5.74, 6) is 1.20. The van der Waals surface area contributed by atoms with Gasteiger partial charge in [0.05, 0.1) is 11.4 Å². The predicted molar refractivity (Wildman–Crippen MR) is 59.2 cm³/mol. The molecule has 2 N–H and O–H groups in total. The van der Waals surface area contributed by atoms with Crippen LogP contribution >= 0.6 is 0 Å². The van der Waals surface area contributed by atoms with Gasteiger partial charge >= 0.3 is 0 Å². The summed E-state index contributed by atoms with van der Waals surface area (Å²) in [6, 6.07) is 5.78. The molecule has 78 valence electrons. The van der Waals surface area contributed by atoms with Gasteiger partial charge < -0.3 is 5.73 Å². The van der Waals surface area contributed by atoms with Crippen LogP contribution in [0.2, 0.25) is 0 Å². The van der Waals surface area contributed by atoms with Crippen LogP contribution in [-0.4, -0.2) is 21.0 Å². The van der Waals surface area contributed by atoms with Crippen molar-refractivity contribution in [2.45, 2.75) is 25.1 Å². The van der Waals surface area contributed by atoms with Gasteiger partial charge in [-0.15, -0.1) is 0 Å². The Morgan fingerprint density at radius 3 is 2.93 bits per heavy atom. The number of rotatable bonds is 5. The minimum Gasteiger partial charge on any atom is -0.328 e. The standard InChI is InChI=1S/C10H16N2OS/c1-9(11)5-7-14(13)8-10-4-2-3-6-12-10/h2-4,6,9H,5,7-8,11H2,1H3. The zero-order valence-corrected chi connectivity index (χ0v) is 9.17. The van der Waals surface area contributed by atoms with E-state index in [9.17, 15) is 4.21 Å². The lowest BCUT2D eigenvalue weighted by Crippen LogP contribution is -2.18. The molecule has 4 heteroatoms. The fourth-order valence-corrected chi connectivity index (χ4v) is 2.32. The number of hydrogen-bond donors (Lipinski definition) is 1. The predicted octanol–water partition coefficient (Wildman–Crippen LogP) is 1.07. The molecule has 2 unspecified atom stereocenters. The molecule has 1 aromatic rings. The summed E-state index contributed by atoms with van der Waals surface area (Å²) in [6.45, 7) is 1.93. The first-order valence-corrected chi connectivity index (χ1v) is 6.18. The molecule has 1 aromatic heterocycles. The third kappa shape index (κ3) is 4.48. The largest absolute Gasteiger partial charge is 0.328 e. The van der Waals surface area contributed by atoms with Crippen LogP contribution in [0.4, 0.5) is 0 Å². The lowest BCUT2D eigenvalue weighted by atomic mass is 10.3. The summed E-state index contributed by atoms with van der Waals surface area (Å²) in [5.41, 5.74) is 6.47. The molecule has 1 rings (SSSR count). The fourth-order valence-electron chi connectivity index (χ4n) is 1.04. The molecular formula is C10H16N2OS. The lowest BCUT2D eigenvalue weighted by Gasteiger charge is -2.04. The molecule has 3 nitrogen and oxygen atoms in total. The Morgan fingerprint density at radius 2 is 2.36 bits per heavy atom. The molecule has 0 aliphatic heterocycles. The van der Waals surface area contributed by atoms with E-state index in [1.165, 1.54) is 0 Å². The van der Waals surface area contributed by atoms with E-state index >= 15 is 0 Å². The molecule has 0 aliphatic rings. The minimum absolute atomic E-state index is 0.127. The maximum Gasteiger partial charge on any atom is 0.0658 e. The van der Waals surface area contributed by atoms with Crippen molar-refractivity contribution in [1.29, 1.82) is 0 Å². The normalized spacial score (nSPS) is 15.0. The first kappa shape index (κ1) is 11.3. The van der Waals surface area contributed by atoms with Crippen LogP contribution in [0.5, 0.6) is 0 Å². The molecular weight excluding hydrogens is 196 g/mol. The van der Waals surface area contributed by atoms with Gasteiger partial charge in [0, 0.05) is 28.8 Å². The van der Waals surface area contributed by atoms with Gasteiger partial charge in [-0.1, -0.05) is 6.07 Å². The van der Waals surface area contributed by atoms with Crippen LogP contribution in [0.25, 0.3) is 0 Å². The molecule has 1 heterocycles. The van der Waals surface area contributed by atoms with Crippen molar-refractivity contribution in [3.05, 3.63) is 30.1 Å². The summed E-state index contributed by atoms with van der Waals surface area (Å²) < 4.78 is 11.5. The van der Waals surface area contributed by atoms with Crippen LogP contribution in [0.15, 0.2) is 24.4 Å². The van der Waals surface area contributed by atoms with Gasteiger partial charge in [0.25, 0.3) is 0 Å². The Balaban J connectivity index is 2.35. The lowest BCUT2D eigenvalue weighted by molar-refractivity contribution is 0.667. The Morgan fingerprint density at radius 1 is 1.57 bits per heavy atom. The number of nitrogens with two attached hydrogens (primary N) is 1. The van der Waals surface area contributed by atoms with Crippen molar-refractivity contribution >= 4 is 10.8 Å². The summed E-state index contributed by atoms with van der Waals surface area (Å²) in [4.78, 5) is 4.12. The third-order valence-corrected chi connectivity index (χ3v) is 3.14. The summed E-state index contributed by atoms with van der Waals surface area (Å²) >= 11 is 0. The van der Waals surface area contributed by atoms with E-state index in [4.69, 9.17) is 5.73 Å². The molecule has 0 saturated heterocycles. The van der Waals surface area contributed by atoms with Crippen molar-refractivity contribution in [3.63, 3.8) is 0 Å². The summed E-state index contributed by atoms with van der Waals surface area (Å²) in [7, 11) is -0.834. The van der Waals surface area contributed by atoms with Gasteiger partial charge in [-0.25, -0.2) is 0 Å². The van der Waals surface area contributed by atoms with Gasteiger partial charge in [0.2, 0.25) is 0 Å². The van der Waals surface area contributed by atoms with Crippen LogP contribution in [0.3, 0.4) is 0 Å². The summed E-state index contributed by atoms with van der Waals surface area (Å²) in [6.07, 6.45) is 2.53. The highest BCUT2D eigenvalue weighted by molar-refractivity contribution is 7.84. The zero-order chi connectivity index (χ0) is 10.4. The van der Waals surface area contributed by atoms with Crippen LogP contribution < -0.4 is 5.73 Å². The van der Waals surface area contributed by atoms with Crippen molar-refractivity contribution in [2.75, 3.05) is 5.75 Å². The zero-order valence-electron chi connectivity index (χ0n) is 8.35. The van der Waals surface area contributed by atoms with Gasteiger partial charge in [-0.05, 0) is 25.5 Å². The number of aromatic nitrogens is 1. The second-order valence-corrected chi connectivity index (χ2v) is 4.95. The van der Waals surface area contributed by atoms with E-state index in [1.807, 2.05) is 25.1 Å². The molecule has 0 amide bonds. The van der Waals surface area contributed by atoms with E-state index in [-0.39, 0.29) is 6.04 Å². The third-order valence-electron chi connectivity index (χ3n) is 1.84. The molecule has 0 fully saturated rings. The highest BCUT2D eigenvalue weighted by Crippen LogP contribution is 2.01. The smallest absolute Gasteiger partial charge is 0.0658 e. The SMILES string of the molecule is CC(N)CCS(=O)Cc1ccccn1. The number of hydrogen-bond acceptors (Lipinski definition) is 3. The van der Waals surface area contributed by atoms with Gasteiger partial charge in [-0.2, -0.15) is 0 Å². The molecule has 0 bridgehead atoms. The number of nitrogens with zero attached hydrogens (tertiary/aromatic N) is 1. The van der Waals surface area contributed by atoms with Gasteiger partial charge in [0.15, 0.2) is 0 Å². The molecule has 2 atom stereocenters. The minimum atomic E-state index is -0.834. The second kappa shape index (κ2) is 5.88. The fraction of sp³-hybridized carbons (Fsp3) is 0.500. The molecule has 14 heavy (non-hydrogen) atoms. The van der Waals surface area contributed by atoms with Crippen LogP contribution in [0.1, 0.15) is 19.0 Å². The maximum absolute atomic E-state index is 11.5. The molecule has 0 radical (unpaired) electrons. The van der Waals surface area contributed by atoms with E-state index in [0.29, 0.717) is 11.5 Å². The molecule has 0 aromatic carbocycles. The van der Waals surface area contributed by atoms with Crippen LogP contribution in [-0.2, 0) is 16.6 Å². The first-order valence-electron chi connectivity index (χ1n) is 4.69. The molecule has 0 aliphatic carbocycles. The van der Waals surface area contributed by atoms with E-state index in [1.54, 1.807) is 6.20 Å². The van der Waals surface area contributed by atoms with Crippen molar-refractivity contribution in [2.24, 2.45) is 5.73 Å². The average Bonchev–Trinajstić information content (AvgIpc) is 2.16. The summed E-state index contributed by atoms with van der Waals surface area (Å²) in [5, 5.41) is 0. The quantitative estimate of drug-likeness (QED) is 0.794. The Hall–Kier alpha value is -0.740. The number of pyridine rings is 1. The Bertz CT molecular complexity index is 287. The highest BCUT2D eigenvalue weighted by atomic mass is 32.2. The van der Waals surface area contributed by atoms with Crippen molar-refractivity contribution < 1.29 is 4.21 Å². The van der Waals surface area contributed by atoms with Gasteiger partial charge in [-0.3, -0.25) is 9.19 Å². The van der Waals surface area contributed by atoms with Crippen molar-refractivity contribution in [1.82, 2.24) is 4.98 Å². The monoisotopic (exact) mass is 212 g/mol. The van der Waals surface area contributed by atoms with E-state index < -0.39 is 10.8 Å². The topological polar surface area (TPSA) is 56.0 Å². The van der Waals surface area contributed by atoms with Crippen LogP contribution in [0, 0.1) is 0 Å².